The van der Waals surface area contributed by atoms with E-state index in [0.717, 1.165) is 5.56 Å². The quantitative estimate of drug-likeness (QED) is 0.559. The van der Waals surface area contributed by atoms with E-state index in [2.05, 4.69) is 15.4 Å². The van der Waals surface area contributed by atoms with E-state index in [4.69, 9.17) is 5.73 Å². The number of nitrogens with two attached hydrogens (primary N) is 1. The van der Waals surface area contributed by atoms with Crippen LogP contribution in [0.4, 0.5) is 0 Å². The van der Waals surface area contributed by atoms with Gasteiger partial charge in [-0.3, -0.25) is 14.6 Å². The number of carbonyl (C=O) groups excluding carboxylic acids is 2. The highest BCUT2D eigenvalue weighted by Crippen LogP contribution is 2.13. The molecule has 28 heavy (non-hydrogen) atoms. The Balaban J connectivity index is 1.87. The maximum Gasteiger partial charge on any atom is 0.270 e. The molecule has 0 fully saturated rings. The second-order valence-electron chi connectivity index (χ2n) is 6.41. The molecular formula is C20H21N5O3. The van der Waals surface area contributed by atoms with Crippen LogP contribution in [0, 0.1) is 6.92 Å². The largest absolute Gasteiger partial charge is 0.381 e. The Hall–Kier alpha value is -3.52. The number of primary amides is 1. The Bertz CT molecular complexity index is 956. The SMILES string of the molecule is Cc1cc(C(=O)NC(Cc2ccccc2)C(O)C(N)=O)n(-c2cccnc2)n1. The van der Waals surface area contributed by atoms with E-state index in [1.54, 1.807) is 37.5 Å². The minimum Gasteiger partial charge on any atom is -0.381 e. The topological polar surface area (TPSA) is 123 Å². The van der Waals surface area contributed by atoms with Gasteiger partial charge in [0.25, 0.3) is 5.91 Å². The molecule has 0 aliphatic heterocycles. The number of aryl methyl sites for hydroxylation is 1. The van der Waals surface area contributed by atoms with Gasteiger partial charge in [-0.15, -0.1) is 0 Å². The van der Waals surface area contributed by atoms with Gasteiger partial charge in [0, 0.05) is 6.20 Å². The van der Waals surface area contributed by atoms with Gasteiger partial charge >= 0.3 is 0 Å². The summed E-state index contributed by atoms with van der Waals surface area (Å²) < 4.78 is 1.47. The molecule has 0 spiro atoms. The smallest absolute Gasteiger partial charge is 0.270 e. The summed E-state index contributed by atoms with van der Waals surface area (Å²) in [5.41, 5.74) is 7.64. The Morgan fingerprint density at radius 3 is 2.61 bits per heavy atom. The first-order chi connectivity index (χ1) is 13.5. The van der Waals surface area contributed by atoms with Crippen LogP contribution < -0.4 is 11.1 Å². The van der Waals surface area contributed by atoms with Crippen LogP contribution >= 0.6 is 0 Å². The minimum atomic E-state index is -1.53. The molecule has 2 unspecified atom stereocenters. The highest BCUT2D eigenvalue weighted by molar-refractivity contribution is 5.94. The van der Waals surface area contributed by atoms with E-state index in [-0.39, 0.29) is 12.1 Å². The van der Waals surface area contributed by atoms with Gasteiger partial charge < -0.3 is 16.2 Å². The van der Waals surface area contributed by atoms with Gasteiger partial charge in [-0.1, -0.05) is 30.3 Å². The third-order valence-electron chi connectivity index (χ3n) is 4.24. The van der Waals surface area contributed by atoms with E-state index < -0.39 is 24.0 Å². The maximum atomic E-state index is 12.9. The highest BCUT2D eigenvalue weighted by atomic mass is 16.3. The fraction of sp³-hybridized carbons (Fsp3) is 0.200. The van der Waals surface area contributed by atoms with Crippen LogP contribution in [0.5, 0.6) is 0 Å². The van der Waals surface area contributed by atoms with Crippen molar-refractivity contribution in [3.8, 4) is 5.69 Å². The molecule has 0 aliphatic rings. The molecule has 8 nitrogen and oxygen atoms in total. The number of amides is 2. The normalized spacial score (nSPS) is 12.9. The molecule has 0 radical (unpaired) electrons. The molecule has 4 N–H and O–H groups in total. The zero-order valence-corrected chi connectivity index (χ0v) is 15.3. The van der Waals surface area contributed by atoms with Gasteiger partial charge in [-0.2, -0.15) is 5.10 Å². The molecule has 0 saturated carbocycles. The summed E-state index contributed by atoms with van der Waals surface area (Å²) in [5.74, 6) is -1.39. The molecule has 2 amide bonds. The number of hydrogen-bond donors (Lipinski definition) is 3. The van der Waals surface area contributed by atoms with Crippen LogP contribution in [0.2, 0.25) is 0 Å². The first-order valence-electron chi connectivity index (χ1n) is 8.75. The van der Waals surface area contributed by atoms with Crippen molar-refractivity contribution in [3.05, 3.63) is 77.9 Å². The van der Waals surface area contributed by atoms with Crippen molar-refractivity contribution in [1.29, 1.82) is 0 Å². The van der Waals surface area contributed by atoms with Crippen molar-refractivity contribution in [2.45, 2.75) is 25.5 Å². The fourth-order valence-electron chi connectivity index (χ4n) is 2.89. The van der Waals surface area contributed by atoms with Crippen molar-refractivity contribution in [3.63, 3.8) is 0 Å². The number of nitrogens with zero attached hydrogens (tertiary/aromatic N) is 3. The van der Waals surface area contributed by atoms with Crippen LogP contribution in [0.3, 0.4) is 0 Å². The van der Waals surface area contributed by atoms with E-state index >= 15 is 0 Å². The Labute approximate surface area is 162 Å². The van der Waals surface area contributed by atoms with Crippen molar-refractivity contribution in [2.24, 2.45) is 5.73 Å². The summed E-state index contributed by atoms with van der Waals surface area (Å²) in [6.45, 7) is 1.77. The molecule has 3 rings (SSSR count). The average molecular weight is 379 g/mol. The zero-order valence-electron chi connectivity index (χ0n) is 15.3. The minimum absolute atomic E-state index is 0.247. The number of carbonyl (C=O) groups is 2. The summed E-state index contributed by atoms with van der Waals surface area (Å²) in [7, 11) is 0. The molecule has 144 valence electrons. The molecule has 2 heterocycles. The standard InChI is InChI=1S/C20H21N5O3/c1-13-10-17(25(24-13)15-8-5-9-22-12-15)20(28)23-16(18(26)19(21)27)11-14-6-3-2-4-7-14/h2-10,12,16,18,26H,11H2,1H3,(H2,21,27)(H,23,28). The van der Waals surface area contributed by atoms with E-state index in [0.29, 0.717) is 11.4 Å². The van der Waals surface area contributed by atoms with Gasteiger partial charge in [0.15, 0.2) is 6.10 Å². The number of nitrogens with one attached hydrogen (secondary N) is 1. The fourth-order valence-corrected chi connectivity index (χ4v) is 2.89. The van der Waals surface area contributed by atoms with Gasteiger partial charge in [-0.05, 0) is 37.1 Å². The Morgan fingerprint density at radius 2 is 1.96 bits per heavy atom. The number of aromatic nitrogens is 3. The first-order valence-corrected chi connectivity index (χ1v) is 8.75. The summed E-state index contributed by atoms with van der Waals surface area (Å²) in [5, 5.41) is 17.3. The van der Waals surface area contributed by atoms with Gasteiger partial charge in [0.1, 0.15) is 5.69 Å². The van der Waals surface area contributed by atoms with E-state index in [1.165, 1.54) is 4.68 Å². The molecule has 1 aromatic carbocycles. The summed E-state index contributed by atoms with van der Waals surface area (Å²) in [6.07, 6.45) is 1.93. The number of aliphatic hydroxyl groups is 1. The lowest BCUT2D eigenvalue weighted by atomic mass is 10.0. The van der Waals surface area contributed by atoms with Crippen molar-refractivity contribution in [2.75, 3.05) is 0 Å². The Kier molecular flexibility index (Phi) is 5.81. The number of rotatable bonds is 7. The molecular weight excluding hydrogens is 358 g/mol. The summed E-state index contributed by atoms with van der Waals surface area (Å²) in [4.78, 5) is 28.5. The van der Waals surface area contributed by atoms with Crippen LogP contribution in [0.1, 0.15) is 21.7 Å². The van der Waals surface area contributed by atoms with Gasteiger partial charge in [0.05, 0.1) is 23.6 Å². The third kappa shape index (κ3) is 4.41. The van der Waals surface area contributed by atoms with Crippen molar-refractivity contribution >= 4 is 11.8 Å². The molecule has 0 bridgehead atoms. The molecule has 0 saturated heterocycles. The number of benzene rings is 1. The molecule has 2 aromatic heterocycles. The van der Waals surface area contributed by atoms with Crippen molar-refractivity contribution in [1.82, 2.24) is 20.1 Å². The number of pyridine rings is 1. The summed E-state index contributed by atoms with van der Waals surface area (Å²) in [6, 6.07) is 13.5. The molecule has 2 atom stereocenters. The monoisotopic (exact) mass is 379 g/mol. The van der Waals surface area contributed by atoms with Crippen LogP contribution in [0.25, 0.3) is 5.69 Å². The van der Waals surface area contributed by atoms with E-state index in [9.17, 15) is 14.7 Å². The second-order valence-corrected chi connectivity index (χ2v) is 6.41. The highest BCUT2D eigenvalue weighted by Gasteiger charge is 2.28. The second kappa shape index (κ2) is 8.45. The lowest BCUT2D eigenvalue weighted by molar-refractivity contribution is -0.127. The number of aliphatic hydroxyl groups excluding tert-OH is 1. The molecule has 3 aromatic rings. The van der Waals surface area contributed by atoms with Gasteiger partial charge in [0.2, 0.25) is 5.91 Å². The van der Waals surface area contributed by atoms with Crippen molar-refractivity contribution < 1.29 is 14.7 Å². The predicted molar refractivity (Wildman–Crippen MR) is 103 cm³/mol. The number of hydrogen-bond acceptors (Lipinski definition) is 5. The zero-order chi connectivity index (χ0) is 20.1. The Morgan fingerprint density at radius 1 is 1.21 bits per heavy atom. The molecule has 8 heteroatoms. The van der Waals surface area contributed by atoms with E-state index in [1.807, 2.05) is 30.3 Å². The summed E-state index contributed by atoms with van der Waals surface area (Å²) >= 11 is 0. The predicted octanol–water partition coefficient (Wildman–Crippen LogP) is 0.763. The lowest BCUT2D eigenvalue weighted by Crippen LogP contribution is -2.50. The van der Waals surface area contributed by atoms with Gasteiger partial charge in [-0.25, -0.2) is 4.68 Å². The molecule has 0 aliphatic carbocycles. The van der Waals surface area contributed by atoms with Crippen LogP contribution in [-0.4, -0.2) is 43.8 Å². The average Bonchev–Trinajstić information content (AvgIpc) is 3.10. The van der Waals surface area contributed by atoms with Crippen LogP contribution in [0.15, 0.2) is 60.9 Å². The van der Waals surface area contributed by atoms with Crippen LogP contribution in [-0.2, 0) is 11.2 Å². The third-order valence-corrected chi connectivity index (χ3v) is 4.24. The first kappa shape index (κ1) is 19.2. The lowest BCUT2D eigenvalue weighted by Gasteiger charge is -2.22. The maximum absolute atomic E-state index is 12.9.